The molecule has 22 heavy (non-hydrogen) atoms. The van der Waals surface area contributed by atoms with Gasteiger partial charge < -0.3 is 9.84 Å². The number of aromatic hydroxyl groups is 1. The van der Waals surface area contributed by atoms with Crippen molar-refractivity contribution in [2.24, 2.45) is 0 Å². The van der Waals surface area contributed by atoms with Crippen molar-refractivity contribution in [2.45, 2.75) is 39.3 Å². The number of ether oxygens (including phenoxy) is 1. The molecule has 0 radical (unpaired) electrons. The molecule has 3 nitrogen and oxygen atoms in total. The molecule has 0 saturated carbocycles. The van der Waals surface area contributed by atoms with Crippen LogP contribution in [0.25, 0.3) is 0 Å². The Bertz CT molecular complexity index is 659. The Morgan fingerprint density at radius 1 is 1.14 bits per heavy atom. The van der Waals surface area contributed by atoms with Gasteiger partial charge in [-0.1, -0.05) is 51.1 Å². The topological polar surface area (TPSA) is 32.7 Å². The molecule has 1 aliphatic rings. The lowest BCUT2D eigenvalue weighted by atomic mass is 9.85. The number of nitrogens with zero attached hydrogens (tertiary/aromatic N) is 1. The molecule has 0 atom stereocenters. The van der Waals surface area contributed by atoms with E-state index in [-0.39, 0.29) is 5.41 Å². The van der Waals surface area contributed by atoms with Crippen LogP contribution in [0, 0.1) is 0 Å². The van der Waals surface area contributed by atoms with Gasteiger partial charge in [0.2, 0.25) is 0 Å². The van der Waals surface area contributed by atoms with Gasteiger partial charge >= 0.3 is 0 Å². The first-order valence-electron chi connectivity index (χ1n) is 7.69. The van der Waals surface area contributed by atoms with Gasteiger partial charge in [0, 0.05) is 24.2 Å². The zero-order chi connectivity index (χ0) is 15.7. The second-order valence-corrected chi connectivity index (χ2v) is 6.97. The van der Waals surface area contributed by atoms with Crippen molar-refractivity contribution in [1.82, 2.24) is 4.90 Å². The van der Waals surface area contributed by atoms with E-state index in [1.54, 1.807) is 0 Å². The van der Waals surface area contributed by atoms with Gasteiger partial charge in [0.05, 0.1) is 0 Å². The van der Waals surface area contributed by atoms with Crippen molar-refractivity contribution in [1.29, 1.82) is 0 Å². The van der Waals surface area contributed by atoms with E-state index in [1.807, 2.05) is 18.2 Å². The maximum absolute atomic E-state index is 10.3. The van der Waals surface area contributed by atoms with Crippen LogP contribution in [0.2, 0.25) is 0 Å². The number of hydrogen-bond donors (Lipinski definition) is 1. The van der Waals surface area contributed by atoms with E-state index < -0.39 is 0 Å². The summed E-state index contributed by atoms with van der Waals surface area (Å²) in [5.41, 5.74) is 3.16. The van der Waals surface area contributed by atoms with Crippen molar-refractivity contribution in [3.8, 4) is 11.5 Å². The average Bonchev–Trinajstić information content (AvgIpc) is 2.46. The highest BCUT2D eigenvalue weighted by Crippen LogP contribution is 2.38. The molecule has 1 aliphatic heterocycles. The van der Waals surface area contributed by atoms with Crippen molar-refractivity contribution in [3.05, 3.63) is 59.2 Å². The van der Waals surface area contributed by atoms with Crippen LogP contribution >= 0.6 is 0 Å². The van der Waals surface area contributed by atoms with Crippen LogP contribution in [0.3, 0.4) is 0 Å². The highest BCUT2D eigenvalue weighted by molar-refractivity contribution is 5.49. The normalized spacial score (nSPS) is 15.2. The molecular formula is C19H23NO2. The van der Waals surface area contributed by atoms with Crippen LogP contribution in [0.15, 0.2) is 42.5 Å². The van der Waals surface area contributed by atoms with E-state index in [9.17, 15) is 5.11 Å². The molecule has 0 spiro atoms. The third-order valence-electron chi connectivity index (χ3n) is 4.03. The quantitative estimate of drug-likeness (QED) is 0.908. The first-order valence-corrected chi connectivity index (χ1v) is 7.69. The molecule has 0 saturated heterocycles. The smallest absolute Gasteiger partial charge is 0.142 e. The number of hydrogen-bond acceptors (Lipinski definition) is 3. The number of phenolic OH excluding ortho intramolecular Hbond substituents is 1. The van der Waals surface area contributed by atoms with Gasteiger partial charge in [0.1, 0.15) is 18.2 Å². The van der Waals surface area contributed by atoms with E-state index in [0.717, 1.165) is 30.0 Å². The summed E-state index contributed by atoms with van der Waals surface area (Å²) in [6.45, 7) is 8.51. The summed E-state index contributed by atoms with van der Waals surface area (Å²) in [6, 6.07) is 14.2. The lowest BCUT2D eigenvalue weighted by Crippen LogP contribution is -2.31. The molecule has 1 N–H and O–H groups in total. The third kappa shape index (κ3) is 3.09. The number of fused-ring (bicyclic) bond motifs is 1. The van der Waals surface area contributed by atoms with Crippen LogP contribution in [-0.2, 0) is 18.5 Å². The number of rotatable bonds is 2. The first-order chi connectivity index (χ1) is 10.4. The summed E-state index contributed by atoms with van der Waals surface area (Å²) in [5, 5.41) is 10.3. The largest absolute Gasteiger partial charge is 0.508 e. The number of phenols is 1. The van der Waals surface area contributed by atoms with Crippen LogP contribution in [0.1, 0.15) is 37.5 Å². The summed E-state index contributed by atoms with van der Waals surface area (Å²) in [5.74, 6) is 1.25. The third-order valence-corrected chi connectivity index (χ3v) is 4.03. The molecule has 2 aromatic rings. The minimum Gasteiger partial charge on any atom is -0.508 e. The molecule has 0 bridgehead atoms. The first kappa shape index (κ1) is 14.9. The van der Waals surface area contributed by atoms with Gasteiger partial charge in [-0.3, -0.25) is 4.90 Å². The predicted molar refractivity (Wildman–Crippen MR) is 88.0 cm³/mol. The highest BCUT2D eigenvalue weighted by atomic mass is 16.5. The summed E-state index contributed by atoms with van der Waals surface area (Å²) in [4.78, 5) is 2.23. The Kier molecular flexibility index (Phi) is 3.83. The van der Waals surface area contributed by atoms with Crippen molar-refractivity contribution < 1.29 is 9.84 Å². The van der Waals surface area contributed by atoms with Crippen molar-refractivity contribution in [3.63, 3.8) is 0 Å². The minimum atomic E-state index is -0.0936. The van der Waals surface area contributed by atoms with Gasteiger partial charge in [0.25, 0.3) is 0 Å². The fraction of sp³-hybridized carbons (Fsp3) is 0.368. The van der Waals surface area contributed by atoms with Gasteiger partial charge in [-0.25, -0.2) is 0 Å². The molecule has 0 amide bonds. The van der Waals surface area contributed by atoms with Gasteiger partial charge in [-0.2, -0.15) is 0 Å². The van der Waals surface area contributed by atoms with Gasteiger partial charge in [-0.15, -0.1) is 0 Å². The molecule has 0 fully saturated rings. The predicted octanol–water partition coefficient (Wildman–Crippen LogP) is 4.04. The Morgan fingerprint density at radius 3 is 2.55 bits per heavy atom. The summed E-state index contributed by atoms with van der Waals surface area (Å²) < 4.78 is 5.91. The minimum absolute atomic E-state index is 0.0936. The van der Waals surface area contributed by atoms with Crippen LogP contribution < -0.4 is 4.74 Å². The second kappa shape index (κ2) is 5.65. The summed E-state index contributed by atoms with van der Waals surface area (Å²) in [6.07, 6.45) is 0. The highest BCUT2D eigenvalue weighted by Gasteiger charge is 2.24. The molecule has 0 unspecified atom stereocenters. The van der Waals surface area contributed by atoms with Crippen molar-refractivity contribution >= 4 is 0 Å². The maximum atomic E-state index is 10.3. The Labute approximate surface area is 132 Å². The molecule has 0 aromatic heterocycles. The Hall–Kier alpha value is -2.00. The fourth-order valence-electron chi connectivity index (χ4n) is 2.86. The Balaban J connectivity index is 1.80. The van der Waals surface area contributed by atoms with Crippen LogP contribution in [0.5, 0.6) is 11.5 Å². The van der Waals surface area contributed by atoms with Gasteiger partial charge in [-0.05, 0) is 23.1 Å². The lowest BCUT2D eigenvalue weighted by molar-refractivity contribution is 0.0882. The molecule has 3 heteroatoms. The van der Waals surface area contributed by atoms with E-state index in [1.165, 1.54) is 5.56 Å². The zero-order valence-corrected chi connectivity index (χ0v) is 13.5. The molecule has 116 valence electrons. The Morgan fingerprint density at radius 2 is 1.86 bits per heavy atom. The van der Waals surface area contributed by atoms with Crippen LogP contribution in [0.4, 0.5) is 0 Å². The van der Waals surface area contributed by atoms with E-state index in [0.29, 0.717) is 12.5 Å². The summed E-state index contributed by atoms with van der Waals surface area (Å²) >= 11 is 0. The van der Waals surface area contributed by atoms with Gasteiger partial charge in [0.15, 0.2) is 0 Å². The van der Waals surface area contributed by atoms with E-state index >= 15 is 0 Å². The van der Waals surface area contributed by atoms with E-state index in [2.05, 4.69) is 49.9 Å². The molecule has 0 aliphatic carbocycles. The maximum Gasteiger partial charge on any atom is 0.142 e. The van der Waals surface area contributed by atoms with Crippen molar-refractivity contribution in [2.75, 3.05) is 6.73 Å². The lowest BCUT2D eigenvalue weighted by Gasteiger charge is -2.31. The monoisotopic (exact) mass is 297 g/mol. The fourth-order valence-corrected chi connectivity index (χ4v) is 2.86. The average molecular weight is 297 g/mol. The molecular weight excluding hydrogens is 274 g/mol. The molecule has 2 aromatic carbocycles. The summed E-state index contributed by atoms with van der Waals surface area (Å²) in [7, 11) is 0. The number of benzene rings is 2. The SMILES string of the molecule is CC(C)(C)c1cc2c(cc1O)CN(Cc1ccccc1)CO2. The van der Waals surface area contributed by atoms with Crippen LogP contribution in [-0.4, -0.2) is 16.7 Å². The van der Waals surface area contributed by atoms with E-state index in [4.69, 9.17) is 4.74 Å². The standard InChI is InChI=1S/C19H23NO2/c1-19(2,3)16-10-18-15(9-17(16)21)12-20(13-22-18)11-14-7-5-4-6-8-14/h4-10,21H,11-13H2,1-3H3. The second-order valence-electron chi connectivity index (χ2n) is 6.97. The zero-order valence-electron chi connectivity index (χ0n) is 13.5. The molecule has 3 rings (SSSR count). The molecule has 1 heterocycles.